The molecule has 1 aromatic heterocycles. The average Bonchev–Trinajstić information content (AvgIpc) is 3.65. The van der Waals surface area contributed by atoms with Crippen molar-refractivity contribution in [2.45, 2.75) is 38.5 Å². The van der Waals surface area contributed by atoms with Crippen molar-refractivity contribution in [3.8, 4) is 50.2 Å². The maximum absolute atomic E-state index is 2.44. The van der Waals surface area contributed by atoms with Crippen LogP contribution in [0.5, 0.6) is 0 Å². The first-order valence-electron chi connectivity index (χ1n) is 18.9. The first kappa shape index (κ1) is 30.4. The molecule has 0 aliphatic heterocycles. The standard InChI is InChI=1S/C52H39N/c1-51(2)44-19-8-5-13-37(44)42-30-29-35(41-17-12-20-45(51)49(41)42)32-23-25-33(26-24-32)36-16-11-18-43-38-28-27-34(31-46(38)52(3,4)50(36)43)53-47-21-9-6-14-39(47)40-15-7-10-22-48(40)53/h5-31H,1-4H3. The van der Waals surface area contributed by atoms with Gasteiger partial charge in [-0.05, 0) is 102 Å². The predicted octanol–water partition coefficient (Wildman–Crippen LogP) is 13.9. The van der Waals surface area contributed by atoms with Crippen molar-refractivity contribution >= 4 is 32.6 Å². The molecule has 0 bridgehead atoms. The zero-order valence-electron chi connectivity index (χ0n) is 30.5. The zero-order chi connectivity index (χ0) is 35.6. The first-order valence-corrected chi connectivity index (χ1v) is 18.9. The van der Waals surface area contributed by atoms with E-state index in [2.05, 4.69) is 196 Å². The minimum atomic E-state index is -0.173. The number of rotatable bonds is 3. The van der Waals surface area contributed by atoms with Gasteiger partial charge in [0.2, 0.25) is 0 Å². The van der Waals surface area contributed by atoms with Gasteiger partial charge in [-0.25, -0.2) is 0 Å². The molecule has 11 rings (SSSR count). The molecule has 8 aromatic carbocycles. The lowest BCUT2D eigenvalue weighted by atomic mass is 9.68. The second kappa shape index (κ2) is 10.7. The van der Waals surface area contributed by atoms with Crippen LogP contribution in [0, 0.1) is 0 Å². The Morgan fingerprint density at radius 3 is 1.64 bits per heavy atom. The molecule has 0 atom stereocenters. The summed E-state index contributed by atoms with van der Waals surface area (Å²) < 4.78 is 2.44. The molecule has 1 heteroatoms. The van der Waals surface area contributed by atoms with Crippen LogP contribution in [0.4, 0.5) is 0 Å². The Hall–Kier alpha value is -6.18. The highest BCUT2D eigenvalue weighted by atomic mass is 15.0. The molecule has 1 heterocycles. The van der Waals surface area contributed by atoms with Gasteiger partial charge < -0.3 is 4.57 Å². The molecule has 0 saturated carbocycles. The van der Waals surface area contributed by atoms with Gasteiger partial charge in [0.25, 0.3) is 0 Å². The van der Waals surface area contributed by atoms with Crippen LogP contribution in [0.2, 0.25) is 0 Å². The van der Waals surface area contributed by atoms with Crippen molar-refractivity contribution in [1.29, 1.82) is 0 Å². The van der Waals surface area contributed by atoms with Crippen LogP contribution in [0.1, 0.15) is 49.9 Å². The lowest BCUT2D eigenvalue weighted by Gasteiger charge is -2.35. The fourth-order valence-corrected chi connectivity index (χ4v) is 10.1. The largest absolute Gasteiger partial charge is 0.309 e. The molecule has 0 unspecified atom stereocenters. The number of aromatic nitrogens is 1. The lowest BCUT2D eigenvalue weighted by Crippen LogP contribution is -2.23. The maximum Gasteiger partial charge on any atom is 0.0541 e. The summed E-state index contributed by atoms with van der Waals surface area (Å²) >= 11 is 0. The molecule has 0 amide bonds. The van der Waals surface area contributed by atoms with Gasteiger partial charge in [-0.15, -0.1) is 0 Å². The van der Waals surface area contributed by atoms with Gasteiger partial charge in [0.1, 0.15) is 0 Å². The molecule has 0 saturated heterocycles. The molecule has 1 nitrogen and oxygen atoms in total. The summed E-state index contributed by atoms with van der Waals surface area (Å²) in [6, 6.07) is 61.4. The van der Waals surface area contributed by atoms with Gasteiger partial charge in [-0.2, -0.15) is 0 Å². The van der Waals surface area contributed by atoms with Crippen LogP contribution in [0.3, 0.4) is 0 Å². The fraction of sp³-hybridized carbons (Fsp3) is 0.115. The van der Waals surface area contributed by atoms with Crippen LogP contribution >= 0.6 is 0 Å². The van der Waals surface area contributed by atoms with Crippen molar-refractivity contribution < 1.29 is 0 Å². The van der Waals surface area contributed by atoms with Crippen molar-refractivity contribution in [3.63, 3.8) is 0 Å². The second-order valence-corrected chi connectivity index (χ2v) is 16.1. The highest BCUT2D eigenvalue weighted by Gasteiger charge is 2.38. The summed E-state index contributed by atoms with van der Waals surface area (Å²) in [4.78, 5) is 0. The first-order chi connectivity index (χ1) is 25.8. The average molecular weight is 678 g/mol. The minimum Gasteiger partial charge on any atom is -0.309 e. The Bertz CT molecular complexity index is 2930. The molecular weight excluding hydrogens is 639 g/mol. The summed E-state index contributed by atoms with van der Waals surface area (Å²) in [7, 11) is 0. The number of para-hydroxylation sites is 2. The van der Waals surface area contributed by atoms with E-state index in [1.54, 1.807) is 0 Å². The summed E-state index contributed by atoms with van der Waals surface area (Å²) in [5.74, 6) is 0. The van der Waals surface area contributed by atoms with E-state index in [-0.39, 0.29) is 10.8 Å². The predicted molar refractivity (Wildman–Crippen MR) is 224 cm³/mol. The van der Waals surface area contributed by atoms with E-state index < -0.39 is 0 Å². The molecular formula is C52H39N. The third-order valence-electron chi connectivity index (χ3n) is 12.6. The summed E-state index contributed by atoms with van der Waals surface area (Å²) in [5.41, 5.74) is 19.5. The SMILES string of the molecule is CC1(C)c2cc(-n3c4ccccc4c4ccccc43)ccc2-c2cccc(-c3ccc(-c4ccc5c6c(cccc46)C(C)(C)c4ccccc4-5)cc3)c21. The fourth-order valence-electron chi connectivity index (χ4n) is 10.1. The van der Waals surface area contributed by atoms with E-state index in [0.29, 0.717) is 0 Å². The number of hydrogen-bond acceptors (Lipinski definition) is 0. The minimum absolute atomic E-state index is 0.0616. The van der Waals surface area contributed by atoms with E-state index in [4.69, 9.17) is 0 Å². The Labute approximate surface area is 310 Å². The third kappa shape index (κ3) is 4.08. The Kier molecular flexibility index (Phi) is 6.14. The molecule has 0 radical (unpaired) electrons. The van der Waals surface area contributed by atoms with E-state index in [1.165, 1.54) is 105 Å². The van der Waals surface area contributed by atoms with Gasteiger partial charge in [-0.1, -0.05) is 167 Å². The van der Waals surface area contributed by atoms with Crippen LogP contribution in [-0.2, 0) is 10.8 Å². The Morgan fingerprint density at radius 2 is 0.887 bits per heavy atom. The van der Waals surface area contributed by atoms with Crippen molar-refractivity contribution in [3.05, 3.63) is 186 Å². The number of fused-ring (bicyclic) bond motifs is 8. The van der Waals surface area contributed by atoms with Crippen molar-refractivity contribution in [2.75, 3.05) is 0 Å². The van der Waals surface area contributed by atoms with Gasteiger partial charge >= 0.3 is 0 Å². The molecule has 0 spiro atoms. The normalized spacial score (nSPS) is 14.7. The van der Waals surface area contributed by atoms with Crippen molar-refractivity contribution in [1.82, 2.24) is 4.57 Å². The quantitative estimate of drug-likeness (QED) is 0.175. The van der Waals surface area contributed by atoms with Crippen LogP contribution < -0.4 is 0 Å². The van der Waals surface area contributed by atoms with E-state index >= 15 is 0 Å². The number of hydrogen-bond donors (Lipinski definition) is 0. The van der Waals surface area contributed by atoms with Crippen molar-refractivity contribution in [2.24, 2.45) is 0 Å². The summed E-state index contributed by atoms with van der Waals surface area (Å²) in [6.07, 6.45) is 0. The monoisotopic (exact) mass is 677 g/mol. The molecule has 2 aliphatic carbocycles. The molecule has 0 fully saturated rings. The number of nitrogens with zero attached hydrogens (tertiary/aromatic N) is 1. The Balaban J connectivity index is 1.01. The molecule has 2 aliphatic rings. The van der Waals surface area contributed by atoms with Gasteiger partial charge in [0.05, 0.1) is 11.0 Å². The van der Waals surface area contributed by atoms with E-state index in [0.717, 1.165) is 0 Å². The third-order valence-corrected chi connectivity index (χ3v) is 12.6. The van der Waals surface area contributed by atoms with Gasteiger partial charge in [0, 0.05) is 27.3 Å². The number of benzene rings is 8. The molecule has 9 aromatic rings. The topological polar surface area (TPSA) is 4.93 Å². The van der Waals surface area contributed by atoms with Crippen LogP contribution in [-0.4, -0.2) is 4.57 Å². The van der Waals surface area contributed by atoms with E-state index in [1.807, 2.05) is 0 Å². The smallest absolute Gasteiger partial charge is 0.0541 e. The summed E-state index contributed by atoms with van der Waals surface area (Å²) in [6.45, 7) is 9.54. The maximum atomic E-state index is 2.44. The molecule has 53 heavy (non-hydrogen) atoms. The zero-order valence-corrected chi connectivity index (χ0v) is 30.5. The van der Waals surface area contributed by atoms with Gasteiger partial charge in [-0.3, -0.25) is 0 Å². The second-order valence-electron chi connectivity index (χ2n) is 16.1. The lowest BCUT2D eigenvalue weighted by molar-refractivity contribution is 0.645. The van der Waals surface area contributed by atoms with E-state index in [9.17, 15) is 0 Å². The molecule has 252 valence electrons. The van der Waals surface area contributed by atoms with Crippen LogP contribution in [0.15, 0.2) is 164 Å². The van der Waals surface area contributed by atoms with Gasteiger partial charge in [0.15, 0.2) is 0 Å². The summed E-state index contributed by atoms with van der Waals surface area (Å²) in [5, 5.41) is 5.29. The highest BCUT2D eigenvalue weighted by Crippen LogP contribution is 2.54. The Morgan fingerprint density at radius 1 is 0.358 bits per heavy atom. The highest BCUT2D eigenvalue weighted by molar-refractivity contribution is 6.10. The van der Waals surface area contributed by atoms with Crippen LogP contribution in [0.25, 0.3) is 82.8 Å². The molecule has 0 N–H and O–H groups in total.